The monoisotopic (exact) mass is 317 g/mol. The van der Waals surface area contributed by atoms with Gasteiger partial charge in [0.2, 0.25) is 5.91 Å². The molecule has 124 valence electrons. The van der Waals surface area contributed by atoms with Gasteiger partial charge in [0.15, 0.2) is 0 Å². The first-order valence-electron chi connectivity index (χ1n) is 7.81. The molecule has 1 aliphatic heterocycles. The number of hydrogen-bond acceptors (Lipinski definition) is 4. The average molecular weight is 317 g/mol. The minimum atomic E-state index is -0.242. The molecule has 1 fully saturated rings. The maximum absolute atomic E-state index is 12.1. The van der Waals surface area contributed by atoms with E-state index in [0.29, 0.717) is 24.3 Å². The van der Waals surface area contributed by atoms with Gasteiger partial charge in [-0.15, -0.1) is 6.58 Å². The standard InChI is InChI=1S/C17H23N3O3/c1-2-9-19-17(22)14-7-3-4-8-15(14)20-16(21)12-18-11-13-6-5-10-23-13/h2-4,7-8,13,18H,1,5-6,9-12H2,(H,19,22)(H,20,21). The van der Waals surface area contributed by atoms with Crippen molar-refractivity contribution in [2.45, 2.75) is 18.9 Å². The lowest BCUT2D eigenvalue weighted by atomic mass is 10.1. The van der Waals surface area contributed by atoms with E-state index in [9.17, 15) is 9.59 Å². The predicted molar refractivity (Wildman–Crippen MR) is 89.4 cm³/mol. The van der Waals surface area contributed by atoms with Crippen LogP contribution in [0, 0.1) is 0 Å². The molecule has 0 spiro atoms. The number of amides is 2. The minimum Gasteiger partial charge on any atom is -0.377 e. The van der Waals surface area contributed by atoms with Gasteiger partial charge in [0.25, 0.3) is 5.91 Å². The van der Waals surface area contributed by atoms with E-state index in [1.807, 2.05) is 0 Å². The zero-order chi connectivity index (χ0) is 16.5. The summed E-state index contributed by atoms with van der Waals surface area (Å²) in [6.07, 6.45) is 3.90. The van der Waals surface area contributed by atoms with Gasteiger partial charge in [-0.05, 0) is 25.0 Å². The Kier molecular flexibility index (Phi) is 6.77. The first-order valence-corrected chi connectivity index (χ1v) is 7.81. The highest BCUT2D eigenvalue weighted by Gasteiger charge is 2.16. The maximum atomic E-state index is 12.1. The molecule has 2 rings (SSSR count). The maximum Gasteiger partial charge on any atom is 0.253 e. The first kappa shape index (κ1) is 17.2. The van der Waals surface area contributed by atoms with Crippen molar-refractivity contribution in [3.8, 4) is 0 Å². The van der Waals surface area contributed by atoms with E-state index >= 15 is 0 Å². The number of hydrogen-bond donors (Lipinski definition) is 3. The third-order valence-corrected chi connectivity index (χ3v) is 3.53. The van der Waals surface area contributed by atoms with Crippen LogP contribution in [0.1, 0.15) is 23.2 Å². The molecule has 1 atom stereocenters. The van der Waals surface area contributed by atoms with Crippen molar-refractivity contribution in [3.05, 3.63) is 42.5 Å². The molecule has 3 N–H and O–H groups in total. The van der Waals surface area contributed by atoms with Crippen LogP contribution < -0.4 is 16.0 Å². The Bertz CT molecular complexity index is 554. The molecule has 0 saturated carbocycles. The highest BCUT2D eigenvalue weighted by molar-refractivity contribution is 6.04. The number of benzene rings is 1. The Balaban J connectivity index is 1.84. The van der Waals surface area contributed by atoms with E-state index < -0.39 is 0 Å². The predicted octanol–water partition coefficient (Wildman–Crippen LogP) is 1.31. The van der Waals surface area contributed by atoms with E-state index in [1.165, 1.54) is 0 Å². The zero-order valence-electron chi connectivity index (χ0n) is 13.1. The Labute approximate surface area is 136 Å². The van der Waals surface area contributed by atoms with Crippen molar-refractivity contribution in [2.24, 2.45) is 0 Å². The lowest BCUT2D eigenvalue weighted by Gasteiger charge is -2.13. The molecule has 1 saturated heterocycles. The molecule has 1 unspecified atom stereocenters. The molecule has 23 heavy (non-hydrogen) atoms. The summed E-state index contributed by atoms with van der Waals surface area (Å²) in [5, 5.41) is 8.55. The molecule has 6 nitrogen and oxygen atoms in total. The van der Waals surface area contributed by atoms with Crippen LogP contribution in [-0.2, 0) is 9.53 Å². The number of rotatable bonds is 8. The molecule has 1 aromatic rings. The smallest absolute Gasteiger partial charge is 0.253 e. The normalized spacial score (nSPS) is 16.8. The van der Waals surface area contributed by atoms with E-state index in [4.69, 9.17) is 4.74 Å². The Morgan fingerprint density at radius 1 is 1.35 bits per heavy atom. The summed E-state index contributed by atoms with van der Waals surface area (Å²) in [7, 11) is 0. The zero-order valence-corrected chi connectivity index (χ0v) is 13.1. The molecule has 0 radical (unpaired) electrons. The van der Waals surface area contributed by atoms with Gasteiger partial charge < -0.3 is 20.7 Å². The van der Waals surface area contributed by atoms with E-state index in [1.54, 1.807) is 30.3 Å². The molecule has 0 aromatic heterocycles. The van der Waals surface area contributed by atoms with E-state index in [-0.39, 0.29) is 24.5 Å². The van der Waals surface area contributed by atoms with Crippen LogP contribution in [0.25, 0.3) is 0 Å². The van der Waals surface area contributed by atoms with Crippen molar-refractivity contribution in [3.63, 3.8) is 0 Å². The first-order chi connectivity index (χ1) is 11.2. The van der Waals surface area contributed by atoms with Gasteiger partial charge in [-0.3, -0.25) is 9.59 Å². The van der Waals surface area contributed by atoms with Crippen LogP contribution in [-0.4, -0.2) is 44.2 Å². The number of para-hydroxylation sites is 1. The molecular weight excluding hydrogens is 294 g/mol. The third-order valence-electron chi connectivity index (χ3n) is 3.53. The number of carbonyl (C=O) groups is 2. The number of nitrogens with one attached hydrogen (secondary N) is 3. The second kappa shape index (κ2) is 9.07. The fraction of sp³-hybridized carbons (Fsp3) is 0.412. The molecule has 1 heterocycles. The molecule has 1 aromatic carbocycles. The van der Waals surface area contributed by atoms with Crippen LogP contribution in [0.5, 0.6) is 0 Å². The minimum absolute atomic E-state index is 0.183. The molecule has 0 bridgehead atoms. The summed E-state index contributed by atoms with van der Waals surface area (Å²) in [5.74, 6) is -0.430. The SMILES string of the molecule is C=CCNC(=O)c1ccccc1NC(=O)CNCC1CCCO1. The molecule has 1 aliphatic rings. The van der Waals surface area contributed by atoms with Gasteiger partial charge >= 0.3 is 0 Å². The molecule has 0 aliphatic carbocycles. The molecule has 6 heteroatoms. The molecule has 2 amide bonds. The highest BCUT2D eigenvalue weighted by atomic mass is 16.5. The Morgan fingerprint density at radius 3 is 2.91 bits per heavy atom. The van der Waals surface area contributed by atoms with Crippen LogP contribution in [0.3, 0.4) is 0 Å². The summed E-state index contributed by atoms with van der Waals surface area (Å²) in [6, 6.07) is 6.92. The number of ether oxygens (including phenoxy) is 1. The Hall–Kier alpha value is -2.18. The van der Waals surface area contributed by atoms with Gasteiger partial charge in [0, 0.05) is 19.7 Å². The van der Waals surface area contributed by atoms with Crippen LogP contribution >= 0.6 is 0 Å². The fourth-order valence-corrected chi connectivity index (χ4v) is 2.40. The van der Waals surface area contributed by atoms with Gasteiger partial charge in [0.05, 0.1) is 23.9 Å². The van der Waals surface area contributed by atoms with Gasteiger partial charge in [0.1, 0.15) is 0 Å². The van der Waals surface area contributed by atoms with Gasteiger partial charge in [-0.25, -0.2) is 0 Å². The topological polar surface area (TPSA) is 79.5 Å². The van der Waals surface area contributed by atoms with Crippen molar-refractivity contribution in [2.75, 3.05) is 31.6 Å². The summed E-state index contributed by atoms with van der Waals surface area (Å²) < 4.78 is 5.49. The van der Waals surface area contributed by atoms with E-state index in [2.05, 4.69) is 22.5 Å². The number of carbonyl (C=O) groups excluding carboxylic acids is 2. The van der Waals surface area contributed by atoms with Crippen LogP contribution in [0.4, 0.5) is 5.69 Å². The molecular formula is C17H23N3O3. The van der Waals surface area contributed by atoms with Crippen molar-refractivity contribution in [1.29, 1.82) is 0 Å². The largest absolute Gasteiger partial charge is 0.377 e. The Morgan fingerprint density at radius 2 is 2.17 bits per heavy atom. The lowest BCUT2D eigenvalue weighted by Crippen LogP contribution is -2.34. The van der Waals surface area contributed by atoms with E-state index in [0.717, 1.165) is 19.4 Å². The average Bonchev–Trinajstić information content (AvgIpc) is 3.06. The van der Waals surface area contributed by atoms with Crippen LogP contribution in [0.2, 0.25) is 0 Å². The third kappa shape index (κ3) is 5.50. The fourth-order valence-electron chi connectivity index (χ4n) is 2.40. The summed E-state index contributed by atoms with van der Waals surface area (Å²) >= 11 is 0. The lowest BCUT2D eigenvalue weighted by molar-refractivity contribution is -0.115. The van der Waals surface area contributed by atoms with Crippen molar-refractivity contribution in [1.82, 2.24) is 10.6 Å². The summed E-state index contributed by atoms with van der Waals surface area (Å²) in [5.41, 5.74) is 0.930. The van der Waals surface area contributed by atoms with Crippen molar-refractivity contribution < 1.29 is 14.3 Å². The number of anilines is 1. The van der Waals surface area contributed by atoms with Crippen LogP contribution in [0.15, 0.2) is 36.9 Å². The highest BCUT2D eigenvalue weighted by Crippen LogP contribution is 2.15. The quantitative estimate of drug-likeness (QED) is 0.632. The second-order valence-electron chi connectivity index (χ2n) is 5.36. The van der Waals surface area contributed by atoms with Gasteiger partial charge in [-0.1, -0.05) is 18.2 Å². The van der Waals surface area contributed by atoms with Gasteiger partial charge in [-0.2, -0.15) is 0 Å². The summed E-state index contributed by atoms with van der Waals surface area (Å²) in [6.45, 7) is 5.58. The van der Waals surface area contributed by atoms with Crippen molar-refractivity contribution >= 4 is 17.5 Å². The second-order valence-corrected chi connectivity index (χ2v) is 5.36. The summed E-state index contributed by atoms with van der Waals surface area (Å²) in [4.78, 5) is 24.1.